The minimum Gasteiger partial charge on any atom is -0.337 e. The van der Waals surface area contributed by atoms with Crippen molar-refractivity contribution in [3.05, 3.63) is 18.2 Å². The Hall–Kier alpha value is -0.870. The fourth-order valence-corrected chi connectivity index (χ4v) is 3.06. The summed E-state index contributed by atoms with van der Waals surface area (Å²) in [4.78, 5) is 6.88. The lowest BCUT2D eigenvalue weighted by molar-refractivity contribution is 0.119. The molecule has 1 aromatic heterocycles. The second-order valence-corrected chi connectivity index (χ2v) is 5.75. The number of hydrogen-bond donors (Lipinski definition) is 1. The first-order chi connectivity index (χ1) is 8.61. The molecule has 0 bridgehead atoms. The second kappa shape index (κ2) is 5.85. The molecule has 0 saturated heterocycles. The predicted octanol–water partition coefficient (Wildman–Crippen LogP) is 1.63. The zero-order valence-corrected chi connectivity index (χ0v) is 12.1. The Morgan fingerprint density at radius 2 is 2.28 bits per heavy atom. The third-order valence-corrected chi connectivity index (χ3v) is 4.33. The van der Waals surface area contributed by atoms with Crippen LogP contribution in [0.5, 0.6) is 0 Å². The SMILES string of the molecule is CNC1CCC(C)CC1N(C)Cc1nccn1C. The first kappa shape index (κ1) is 13.6. The quantitative estimate of drug-likeness (QED) is 0.881. The van der Waals surface area contributed by atoms with Gasteiger partial charge in [0.15, 0.2) is 0 Å². The molecular weight excluding hydrogens is 224 g/mol. The van der Waals surface area contributed by atoms with Gasteiger partial charge < -0.3 is 9.88 Å². The van der Waals surface area contributed by atoms with E-state index in [-0.39, 0.29) is 0 Å². The van der Waals surface area contributed by atoms with E-state index in [1.165, 1.54) is 19.3 Å². The molecule has 1 aliphatic rings. The molecule has 102 valence electrons. The van der Waals surface area contributed by atoms with Crippen molar-refractivity contribution >= 4 is 0 Å². The predicted molar refractivity (Wildman–Crippen MR) is 74.3 cm³/mol. The van der Waals surface area contributed by atoms with Crippen molar-refractivity contribution in [2.45, 2.75) is 44.8 Å². The van der Waals surface area contributed by atoms with Crippen LogP contribution in [0.3, 0.4) is 0 Å². The fourth-order valence-electron chi connectivity index (χ4n) is 3.06. The molecule has 0 amide bonds. The topological polar surface area (TPSA) is 33.1 Å². The summed E-state index contributed by atoms with van der Waals surface area (Å²) >= 11 is 0. The van der Waals surface area contributed by atoms with Crippen molar-refractivity contribution in [2.75, 3.05) is 14.1 Å². The van der Waals surface area contributed by atoms with Gasteiger partial charge in [-0.25, -0.2) is 4.98 Å². The minimum absolute atomic E-state index is 0.617. The number of aryl methyl sites for hydroxylation is 1. The Labute approximate surface area is 110 Å². The number of imidazole rings is 1. The lowest BCUT2D eigenvalue weighted by Crippen LogP contribution is -2.50. The van der Waals surface area contributed by atoms with Gasteiger partial charge >= 0.3 is 0 Å². The van der Waals surface area contributed by atoms with Gasteiger partial charge in [-0.05, 0) is 39.3 Å². The average Bonchev–Trinajstić information content (AvgIpc) is 2.75. The zero-order valence-electron chi connectivity index (χ0n) is 12.1. The number of nitrogens with zero attached hydrogens (tertiary/aromatic N) is 3. The lowest BCUT2D eigenvalue weighted by atomic mass is 9.82. The van der Waals surface area contributed by atoms with E-state index in [2.05, 4.69) is 47.8 Å². The summed E-state index contributed by atoms with van der Waals surface area (Å²) in [6, 6.07) is 1.24. The third kappa shape index (κ3) is 2.93. The van der Waals surface area contributed by atoms with Gasteiger partial charge in [0.2, 0.25) is 0 Å². The molecule has 0 spiro atoms. The third-order valence-electron chi connectivity index (χ3n) is 4.33. The summed E-state index contributed by atoms with van der Waals surface area (Å²) in [6.07, 6.45) is 7.81. The first-order valence-electron chi connectivity index (χ1n) is 6.95. The summed E-state index contributed by atoms with van der Waals surface area (Å²) in [5.74, 6) is 1.98. The van der Waals surface area contributed by atoms with Gasteiger partial charge in [0.25, 0.3) is 0 Å². The first-order valence-corrected chi connectivity index (χ1v) is 6.95. The molecule has 4 nitrogen and oxygen atoms in total. The van der Waals surface area contributed by atoms with Crippen LogP contribution in [-0.2, 0) is 13.6 Å². The van der Waals surface area contributed by atoms with Crippen LogP contribution in [0.1, 0.15) is 32.0 Å². The van der Waals surface area contributed by atoms with Crippen molar-refractivity contribution in [1.82, 2.24) is 19.8 Å². The van der Waals surface area contributed by atoms with Crippen LogP contribution in [-0.4, -0.2) is 40.6 Å². The van der Waals surface area contributed by atoms with Gasteiger partial charge in [-0.2, -0.15) is 0 Å². The molecule has 1 aliphatic carbocycles. The Bertz CT molecular complexity index is 374. The van der Waals surface area contributed by atoms with Gasteiger partial charge in [0, 0.05) is 31.5 Å². The normalized spacial score (nSPS) is 28.8. The largest absolute Gasteiger partial charge is 0.337 e. The molecule has 1 fully saturated rings. The monoisotopic (exact) mass is 250 g/mol. The van der Waals surface area contributed by atoms with E-state index in [1.807, 2.05) is 12.4 Å². The molecule has 1 saturated carbocycles. The van der Waals surface area contributed by atoms with E-state index in [9.17, 15) is 0 Å². The van der Waals surface area contributed by atoms with Gasteiger partial charge in [0.05, 0.1) is 6.54 Å². The van der Waals surface area contributed by atoms with Crippen LogP contribution >= 0.6 is 0 Å². The Kier molecular flexibility index (Phi) is 4.40. The van der Waals surface area contributed by atoms with E-state index in [0.717, 1.165) is 18.3 Å². The van der Waals surface area contributed by atoms with E-state index in [4.69, 9.17) is 0 Å². The number of aromatic nitrogens is 2. The molecule has 0 aliphatic heterocycles. The molecule has 4 heteroatoms. The number of hydrogen-bond acceptors (Lipinski definition) is 3. The number of rotatable bonds is 4. The standard InChI is InChI=1S/C14H26N4/c1-11-5-6-12(15-2)13(9-11)18(4)10-14-16-7-8-17(14)3/h7-8,11-13,15H,5-6,9-10H2,1-4H3. The molecule has 1 N–H and O–H groups in total. The maximum absolute atomic E-state index is 4.42. The van der Waals surface area contributed by atoms with Crippen molar-refractivity contribution in [1.29, 1.82) is 0 Å². The summed E-state index contributed by atoms with van der Waals surface area (Å²) in [5, 5.41) is 3.48. The molecule has 3 atom stereocenters. The van der Waals surface area contributed by atoms with Gasteiger partial charge in [-0.15, -0.1) is 0 Å². The van der Waals surface area contributed by atoms with Crippen LogP contribution in [0, 0.1) is 5.92 Å². The summed E-state index contributed by atoms with van der Waals surface area (Å²) in [5.41, 5.74) is 0. The van der Waals surface area contributed by atoms with Crippen LogP contribution in [0.2, 0.25) is 0 Å². The smallest absolute Gasteiger partial charge is 0.122 e. The van der Waals surface area contributed by atoms with E-state index < -0.39 is 0 Å². The highest BCUT2D eigenvalue weighted by Crippen LogP contribution is 2.27. The lowest BCUT2D eigenvalue weighted by Gasteiger charge is -2.40. The highest BCUT2D eigenvalue weighted by atomic mass is 15.2. The van der Waals surface area contributed by atoms with E-state index in [1.54, 1.807) is 0 Å². The van der Waals surface area contributed by atoms with Crippen LogP contribution < -0.4 is 5.32 Å². The number of likely N-dealkylation sites (N-methyl/N-ethyl adjacent to an activating group) is 2. The maximum Gasteiger partial charge on any atom is 0.122 e. The maximum atomic E-state index is 4.42. The van der Waals surface area contributed by atoms with Gasteiger partial charge in [-0.3, -0.25) is 4.90 Å². The van der Waals surface area contributed by atoms with Crippen LogP contribution in [0.4, 0.5) is 0 Å². The summed E-state index contributed by atoms with van der Waals surface area (Å²) in [7, 11) is 6.37. The van der Waals surface area contributed by atoms with Crippen molar-refractivity contribution in [3.8, 4) is 0 Å². The number of nitrogens with one attached hydrogen (secondary N) is 1. The molecular formula is C14H26N4. The van der Waals surface area contributed by atoms with E-state index >= 15 is 0 Å². The molecule has 0 radical (unpaired) electrons. The highest BCUT2D eigenvalue weighted by Gasteiger charge is 2.30. The molecule has 18 heavy (non-hydrogen) atoms. The van der Waals surface area contributed by atoms with Crippen molar-refractivity contribution in [2.24, 2.45) is 13.0 Å². The van der Waals surface area contributed by atoms with Gasteiger partial charge in [0.1, 0.15) is 5.82 Å². The van der Waals surface area contributed by atoms with Gasteiger partial charge in [-0.1, -0.05) is 6.92 Å². The average molecular weight is 250 g/mol. The van der Waals surface area contributed by atoms with Crippen LogP contribution in [0.25, 0.3) is 0 Å². The molecule has 3 unspecified atom stereocenters. The highest BCUT2D eigenvalue weighted by molar-refractivity contribution is 4.94. The minimum atomic E-state index is 0.617. The molecule has 0 aromatic carbocycles. The van der Waals surface area contributed by atoms with E-state index in [0.29, 0.717) is 12.1 Å². The molecule has 1 aromatic rings. The Morgan fingerprint density at radius 3 is 2.89 bits per heavy atom. The molecule has 1 heterocycles. The summed E-state index contributed by atoms with van der Waals surface area (Å²) in [6.45, 7) is 3.30. The van der Waals surface area contributed by atoms with Crippen LogP contribution in [0.15, 0.2) is 12.4 Å². The molecule has 2 rings (SSSR count). The zero-order chi connectivity index (χ0) is 13.1. The Morgan fingerprint density at radius 1 is 1.50 bits per heavy atom. The van der Waals surface area contributed by atoms with Crippen molar-refractivity contribution < 1.29 is 0 Å². The van der Waals surface area contributed by atoms with Crippen molar-refractivity contribution in [3.63, 3.8) is 0 Å². The second-order valence-electron chi connectivity index (χ2n) is 5.75. The fraction of sp³-hybridized carbons (Fsp3) is 0.786. The Balaban J connectivity index is 2.02. The summed E-state index contributed by atoms with van der Waals surface area (Å²) < 4.78 is 2.11.